The van der Waals surface area contributed by atoms with E-state index in [-0.39, 0.29) is 45.4 Å². The summed E-state index contributed by atoms with van der Waals surface area (Å²) in [6, 6.07) is 26.7. The lowest BCUT2D eigenvalue weighted by Gasteiger charge is -2.49. The molecule has 296 valence electrons. The van der Waals surface area contributed by atoms with Crippen molar-refractivity contribution in [1.29, 1.82) is 0 Å². The van der Waals surface area contributed by atoms with Crippen molar-refractivity contribution in [1.82, 2.24) is 10.6 Å². The number of benzene rings is 3. The van der Waals surface area contributed by atoms with Gasteiger partial charge in [0.1, 0.15) is 43.1 Å². The van der Waals surface area contributed by atoms with Gasteiger partial charge in [0.25, 0.3) is 0 Å². The van der Waals surface area contributed by atoms with Crippen LogP contribution in [0.25, 0.3) is 0 Å². The van der Waals surface area contributed by atoms with Gasteiger partial charge in [-0.1, -0.05) is 91.0 Å². The predicted octanol–water partition coefficient (Wildman–Crippen LogP) is 3.73. The van der Waals surface area contributed by atoms with Crippen molar-refractivity contribution in [2.75, 3.05) is 13.2 Å². The molecule has 2 N–H and O–H groups in total. The third-order valence-electron chi connectivity index (χ3n) is 8.92. The lowest BCUT2D eigenvalue weighted by molar-refractivity contribution is -0.331. The molecule has 0 aromatic heterocycles. The third kappa shape index (κ3) is 12.9. The van der Waals surface area contributed by atoms with E-state index < -0.39 is 73.0 Å². The SMILES string of the molecule is CC(=O)N[C@@H]1[C@H](OCc2ccccc2)OC(COCc2ccccc2)[C@@H](O[C@@H]2OC(COC(C)=O)C[C@H](OC(C)=O)[C@@H]2NC(C)=O)[C@@H]1OCc1ccccc1. The molecule has 3 aromatic carbocycles. The van der Waals surface area contributed by atoms with Crippen molar-refractivity contribution in [3.8, 4) is 0 Å². The minimum atomic E-state index is -1.28. The molecule has 0 spiro atoms. The summed E-state index contributed by atoms with van der Waals surface area (Å²) < 4.78 is 50.1. The lowest BCUT2D eigenvalue weighted by atomic mass is 9.94. The maximum Gasteiger partial charge on any atom is 0.302 e. The van der Waals surface area contributed by atoms with Gasteiger partial charge in [0.15, 0.2) is 12.6 Å². The van der Waals surface area contributed by atoms with Gasteiger partial charge in [-0.3, -0.25) is 19.2 Å². The average molecular weight is 763 g/mol. The molecule has 2 aliphatic heterocycles. The highest BCUT2D eigenvalue weighted by atomic mass is 16.7. The third-order valence-corrected chi connectivity index (χ3v) is 8.92. The monoisotopic (exact) mass is 762 g/mol. The molecule has 0 aliphatic carbocycles. The molecule has 5 rings (SSSR count). The zero-order chi connectivity index (χ0) is 39.2. The number of amides is 2. The Bertz CT molecular complexity index is 1660. The van der Waals surface area contributed by atoms with Crippen molar-refractivity contribution >= 4 is 23.8 Å². The number of hydrogen-bond donors (Lipinski definition) is 2. The van der Waals surface area contributed by atoms with Crippen LogP contribution in [-0.2, 0) is 76.9 Å². The molecule has 2 heterocycles. The molecule has 2 aliphatic rings. The standard InChI is InChI=1S/C41H50N2O12/c1-26(44)42-36-34(52-29(4)47)20-33(24-49-28(3)46)53-41(36)55-38-35(25-48-21-30-14-8-5-9-15-30)54-40(51-23-32-18-12-7-13-19-32)37(43-27(2)45)39(38)50-22-31-16-10-6-11-17-31/h5-19,33-41H,20-25H2,1-4H3,(H,42,44)(H,43,45)/t33?,34-,35?,36-,37-,38+,39+,40+,41-/m0/s1. The van der Waals surface area contributed by atoms with Gasteiger partial charge >= 0.3 is 11.9 Å². The van der Waals surface area contributed by atoms with Crippen LogP contribution in [0.4, 0.5) is 0 Å². The van der Waals surface area contributed by atoms with Gasteiger partial charge in [-0.2, -0.15) is 0 Å². The second-order valence-corrected chi connectivity index (χ2v) is 13.5. The van der Waals surface area contributed by atoms with Crippen LogP contribution in [0, 0.1) is 0 Å². The summed E-state index contributed by atoms with van der Waals surface area (Å²) in [5.41, 5.74) is 2.67. The normalized spacial score (nSPS) is 26.4. The Morgan fingerprint density at radius 3 is 1.71 bits per heavy atom. The molecule has 3 aromatic rings. The fraction of sp³-hybridized carbons (Fsp3) is 0.463. The Kier molecular flexibility index (Phi) is 15.7. The Morgan fingerprint density at radius 1 is 0.618 bits per heavy atom. The number of carbonyl (C=O) groups excluding carboxylic acids is 4. The van der Waals surface area contributed by atoms with Gasteiger partial charge in [0.2, 0.25) is 11.8 Å². The summed E-state index contributed by atoms with van der Waals surface area (Å²) in [6.07, 6.45) is -6.80. The van der Waals surface area contributed by atoms with Gasteiger partial charge in [0.05, 0.1) is 32.5 Å². The fourth-order valence-corrected chi connectivity index (χ4v) is 6.55. The van der Waals surface area contributed by atoms with Crippen LogP contribution < -0.4 is 10.6 Å². The number of ether oxygens (including phenoxy) is 8. The van der Waals surface area contributed by atoms with Gasteiger partial charge < -0.3 is 48.5 Å². The molecule has 55 heavy (non-hydrogen) atoms. The smallest absolute Gasteiger partial charge is 0.302 e. The van der Waals surface area contributed by atoms with Crippen molar-refractivity contribution in [3.63, 3.8) is 0 Å². The topological polar surface area (TPSA) is 166 Å². The highest BCUT2D eigenvalue weighted by Gasteiger charge is 2.52. The Morgan fingerprint density at radius 2 is 1.16 bits per heavy atom. The maximum atomic E-state index is 12.8. The zero-order valence-corrected chi connectivity index (χ0v) is 31.5. The molecular weight excluding hydrogens is 712 g/mol. The predicted molar refractivity (Wildman–Crippen MR) is 197 cm³/mol. The molecule has 9 atom stereocenters. The molecule has 2 fully saturated rings. The molecule has 2 amide bonds. The van der Waals surface area contributed by atoms with Crippen LogP contribution in [0.5, 0.6) is 0 Å². The van der Waals surface area contributed by atoms with E-state index in [2.05, 4.69) is 10.6 Å². The zero-order valence-electron chi connectivity index (χ0n) is 31.5. The number of rotatable bonds is 17. The first-order valence-electron chi connectivity index (χ1n) is 18.3. The van der Waals surface area contributed by atoms with Crippen molar-refractivity contribution in [2.24, 2.45) is 0 Å². The Labute approximate surface area is 321 Å². The summed E-state index contributed by atoms with van der Waals surface area (Å²) in [6.45, 7) is 5.59. The van der Waals surface area contributed by atoms with E-state index in [0.717, 1.165) is 16.7 Å². The molecule has 14 heteroatoms. The minimum absolute atomic E-state index is 0.00940. The highest BCUT2D eigenvalue weighted by Crippen LogP contribution is 2.33. The summed E-state index contributed by atoms with van der Waals surface area (Å²) >= 11 is 0. The minimum Gasteiger partial charge on any atom is -0.463 e. The lowest BCUT2D eigenvalue weighted by Crippen LogP contribution is -2.68. The van der Waals surface area contributed by atoms with Crippen molar-refractivity contribution in [3.05, 3.63) is 108 Å². The second-order valence-electron chi connectivity index (χ2n) is 13.5. The van der Waals surface area contributed by atoms with Crippen LogP contribution in [-0.4, -0.2) is 92.2 Å². The Hall–Kier alpha value is -4.70. The number of esters is 2. The number of hydrogen-bond acceptors (Lipinski definition) is 12. The van der Waals surface area contributed by atoms with Crippen LogP contribution >= 0.6 is 0 Å². The average Bonchev–Trinajstić information content (AvgIpc) is 3.15. The molecule has 14 nitrogen and oxygen atoms in total. The van der Waals surface area contributed by atoms with Crippen LogP contribution in [0.1, 0.15) is 50.8 Å². The van der Waals surface area contributed by atoms with Gasteiger partial charge in [-0.25, -0.2) is 0 Å². The van der Waals surface area contributed by atoms with E-state index in [1.165, 1.54) is 27.7 Å². The number of nitrogens with one attached hydrogen (secondary N) is 2. The van der Waals surface area contributed by atoms with E-state index in [1.54, 1.807) is 0 Å². The van der Waals surface area contributed by atoms with Gasteiger partial charge in [-0.15, -0.1) is 0 Å². The van der Waals surface area contributed by atoms with E-state index >= 15 is 0 Å². The summed E-state index contributed by atoms with van der Waals surface area (Å²) in [7, 11) is 0. The first-order chi connectivity index (χ1) is 26.5. The van der Waals surface area contributed by atoms with E-state index in [0.29, 0.717) is 0 Å². The van der Waals surface area contributed by atoms with Gasteiger partial charge in [-0.05, 0) is 16.7 Å². The summed E-state index contributed by atoms with van der Waals surface area (Å²) in [5.74, 6) is -1.91. The highest BCUT2D eigenvalue weighted by molar-refractivity contribution is 5.74. The van der Waals surface area contributed by atoms with E-state index in [1.807, 2.05) is 91.0 Å². The van der Waals surface area contributed by atoms with Crippen LogP contribution in [0.2, 0.25) is 0 Å². The molecule has 0 radical (unpaired) electrons. The fourth-order valence-electron chi connectivity index (χ4n) is 6.55. The quantitative estimate of drug-likeness (QED) is 0.192. The first kappa shape index (κ1) is 41.5. The summed E-state index contributed by atoms with van der Waals surface area (Å²) in [4.78, 5) is 49.5. The first-order valence-corrected chi connectivity index (χ1v) is 18.3. The van der Waals surface area contributed by atoms with E-state index in [4.69, 9.17) is 37.9 Å². The van der Waals surface area contributed by atoms with Crippen LogP contribution in [0.3, 0.4) is 0 Å². The molecule has 2 unspecified atom stereocenters. The van der Waals surface area contributed by atoms with Crippen molar-refractivity contribution < 1.29 is 57.1 Å². The largest absolute Gasteiger partial charge is 0.463 e. The Balaban J connectivity index is 1.53. The van der Waals surface area contributed by atoms with E-state index in [9.17, 15) is 19.2 Å². The molecule has 2 saturated heterocycles. The molecule has 0 bridgehead atoms. The van der Waals surface area contributed by atoms with Crippen LogP contribution in [0.15, 0.2) is 91.0 Å². The number of carbonyl (C=O) groups is 4. The van der Waals surface area contributed by atoms with Gasteiger partial charge in [0, 0.05) is 34.1 Å². The van der Waals surface area contributed by atoms with Crippen molar-refractivity contribution in [2.45, 2.75) is 109 Å². The molecule has 0 saturated carbocycles. The maximum absolute atomic E-state index is 12.8. The molecular formula is C41H50N2O12. The second kappa shape index (κ2) is 20.8. The summed E-state index contributed by atoms with van der Waals surface area (Å²) in [5, 5.41) is 5.80.